The fourth-order valence-electron chi connectivity index (χ4n) is 3.24. The number of nitrogen functional groups attached to an aromatic ring is 1. The predicted octanol–water partition coefficient (Wildman–Crippen LogP) is 2.69. The van der Waals surface area contributed by atoms with Gasteiger partial charge < -0.3 is 5.73 Å². The van der Waals surface area contributed by atoms with Gasteiger partial charge in [-0.3, -0.25) is 5.10 Å². The highest BCUT2D eigenvalue weighted by Gasteiger charge is 2.26. The van der Waals surface area contributed by atoms with Gasteiger partial charge in [0, 0.05) is 12.1 Å². The van der Waals surface area contributed by atoms with Crippen molar-refractivity contribution in [1.82, 2.24) is 25.0 Å². The first-order valence-corrected chi connectivity index (χ1v) is 7.39. The van der Waals surface area contributed by atoms with Gasteiger partial charge in [0.2, 0.25) is 0 Å². The van der Waals surface area contributed by atoms with Gasteiger partial charge in [0.15, 0.2) is 11.5 Å². The van der Waals surface area contributed by atoms with E-state index in [9.17, 15) is 0 Å². The van der Waals surface area contributed by atoms with E-state index in [0.29, 0.717) is 11.7 Å². The van der Waals surface area contributed by atoms with Gasteiger partial charge in [-0.15, -0.1) is 0 Å². The van der Waals surface area contributed by atoms with Gasteiger partial charge >= 0.3 is 0 Å². The van der Waals surface area contributed by atoms with Crippen molar-refractivity contribution < 1.29 is 0 Å². The van der Waals surface area contributed by atoms with Crippen molar-refractivity contribution in [1.29, 1.82) is 0 Å². The molecule has 3 heterocycles. The number of nitrogens with two attached hydrogens (primary N) is 1. The van der Waals surface area contributed by atoms with Crippen molar-refractivity contribution in [2.24, 2.45) is 0 Å². The summed E-state index contributed by atoms with van der Waals surface area (Å²) < 4.78 is 1.81. The molecule has 6 heteroatoms. The van der Waals surface area contributed by atoms with E-state index in [1.165, 1.54) is 25.7 Å². The summed E-state index contributed by atoms with van der Waals surface area (Å²) in [6, 6.07) is 3.98. The first-order valence-electron chi connectivity index (χ1n) is 7.39. The monoisotopic (exact) mass is 282 g/mol. The third kappa shape index (κ3) is 1.90. The normalized spacial score (nSPS) is 16.0. The van der Waals surface area contributed by atoms with Gasteiger partial charge in [-0.2, -0.15) is 14.9 Å². The number of anilines is 1. The second-order valence-electron chi connectivity index (χ2n) is 5.81. The van der Waals surface area contributed by atoms with E-state index in [4.69, 9.17) is 10.8 Å². The van der Waals surface area contributed by atoms with Crippen LogP contribution in [0.4, 0.5) is 5.82 Å². The molecule has 0 amide bonds. The highest BCUT2D eigenvalue weighted by molar-refractivity contribution is 5.90. The van der Waals surface area contributed by atoms with Gasteiger partial charge in [0.25, 0.3) is 0 Å². The number of hydrogen-bond donors (Lipinski definition) is 2. The molecule has 1 aliphatic carbocycles. The molecule has 0 spiro atoms. The minimum absolute atomic E-state index is 0.485. The van der Waals surface area contributed by atoms with Crippen LogP contribution < -0.4 is 5.73 Å². The Hall–Kier alpha value is -2.37. The van der Waals surface area contributed by atoms with Crippen molar-refractivity contribution in [3.8, 4) is 5.82 Å². The third-order valence-corrected chi connectivity index (χ3v) is 4.30. The summed E-state index contributed by atoms with van der Waals surface area (Å²) in [6.45, 7) is 2.04. The molecule has 1 aliphatic rings. The van der Waals surface area contributed by atoms with E-state index in [0.717, 1.165) is 28.1 Å². The molecular formula is C15H18N6. The van der Waals surface area contributed by atoms with E-state index in [1.54, 1.807) is 6.20 Å². The molecule has 108 valence electrons. The Morgan fingerprint density at radius 1 is 1.33 bits per heavy atom. The van der Waals surface area contributed by atoms with E-state index < -0.39 is 0 Å². The summed E-state index contributed by atoms with van der Waals surface area (Å²) >= 11 is 0. The van der Waals surface area contributed by atoms with Crippen molar-refractivity contribution >= 4 is 16.9 Å². The van der Waals surface area contributed by atoms with E-state index >= 15 is 0 Å². The Kier molecular flexibility index (Phi) is 2.70. The molecule has 1 saturated carbocycles. The van der Waals surface area contributed by atoms with Crippen LogP contribution in [0.2, 0.25) is 0 Å². The molecular weight excluding hydrogens is 264 g/mol. The molecule has 4 rings (SSSR count). The van der Waals surface area contributed by atoms with Gasteiger partial charge in [0.05, 0.1) is 11.1 Å². The number of H-pyrrole nitrogens is 1. The Morgan fingerprint density at radius 2 is 2.14 bits per heavy atom. The number of nitrogens with one attached hydrogen (secondary N) is 1. The average Bonchev–Trinajstić information content (AvgIpc) is 3.17. The quantitative estimate of drug-likeness (QED) is 0.756. The molecule has 0 radical (unpaired) electrons. The SMILES string of the molecule is Cc1ccnc(-n2nc(C3CCCC3)c3c(N)[nH]nc32)c1. The molecule has 1 fully saturated rings. The number of fused-ring (bicyclic) bond motifs is 1. The maximum atomic E-state index is 6.07. The zero-order valence-corrected chi connectivity index (χ0v) is 12.0. The lowest BCUT2D eigenvalue weighted by molar-refractivity contribution is 0.679. The maximum Gasteiger partial charge on any atom is 0.188 e. The lowest BCUT2D eigenvalue weighted by Crippen LogP contribution is -2.03. The fourth-order valence-corrected chi connectivity index (χ4v) is 3.24. The van der Waals surface area contributed by atoms with Crippen LogP contribution in [0.3, 0.4) is 0 Å². The van der Waals surface area contributed by atoms with Crippen LogP contribution in [0.5, 0.6) is 0 Å². The maximum absolute atomic E-state index is 6.07. The Balaban J connectivity index is 1.94. The number of hydrogen-bond acceptors (Lipinski definition) is 4. The number of aromatic amines is 1. The van der Waals surface area contributed by atoms with Crippen LogP contribution in [0.1, 0.15) is 42.9 Å². The van der Waals surface area contributed by atoms with E-state index in [2.05, 4.69) is 15.2 Å². The largest absolute Gasteiger partial charge is 0.383 e. The zero-order chi connectivity index (χ0) is 14.4. The van der Waals surface area contributed by atoms with Crippen LogP contribution in [0, 0.1) is 6.92 Å². The fraction of sp³-hybridized carbons (Fsp3) is 0.400. The highest BCUT2D eigenvalue weighted by Crippen LogP contribution is 2.38. The van der Waals surface area contributed by atoms with Crippen LogP contribution in [-0.2, 0) is 0 Å². The molecule has 0 aromatic carbocycles. The molecule has 0 saturated heterocycles. The molecule has 0 atom stereocenters. The Bertz CT molecular complexity index is 794. The van der Waals surface area contributed by atoms with Gasteiger partial charge in [0.1, 0.15) is 5.82 Å². The van der Waals surface area contributed by atoms with Crippen molar-refractivity contribution in [2.75, 3.05) is 5.73 Å². The minimum atomic E-state index is 0.485. The third-order valence-electron chi connectivity index (χ3n) is 4.30. The van der Waals surface area contributed by atoms with E-state index in [1.807, 2.05) is 23.7 Å². The number of pyridine rings is 1. The van der Waals surface area contributed by atoms with E-state index in [-0.39, 0.29) is 0 Å². The standard InChI is InChI=1S/C15H18N6/c1-9-6-7-17-11(8-9)21-15-12(14(16)18-19-15)13(20-21)10-4-2-3-5-10/h6-8,10H,2-5H2,1H3,(H3,16,18,19). The molecule has 6 nitrogen and oxygen atoms in total. The van der Waals surface area contributed by atoms with Crippen LogP contribution in [0.25, 0.3) is 16.9 Å². The summed E-state index contributed by atoms with van der Waals surface area (Å²) in [6.07, 6.45) is 6.68. The topological polar surface area (TPSA) is 85.4 Å². The van der Waals surface area contributed by atoms with Crippen LogP contribution in [-0.4, -0.2) is 25.0 Å². The van der Waals surface area contributed by atoms with Crippen molar-refractivity contribution in [3.63, 3.8) is 0 Å². The Morgan fingerprint density at radius 3 is 2.90 bits per heavy atom. The minimum Gasteiger partial charge on any atom is -0.383 e. The number of nitrogens with zero attached hydrogens (tertiary/aromatic N) is 4. The lowest BCUT2D eigenvalue weighted by atomic mass is 10.0. The number of aryl methyl sites for hydroxylation is 1. The van der Waals surface area contributed by atoms with Gasteiger partial charge in [-0.05, 0) is 37.5 Å². The molecule has 0 unspecified atom stereocenters. The average molecular weight is 282 g/mol. The first-order chi connectivity index (χ1) is 10.2. The second kappa shape index (κ2) is 4.58. The summed E-state index contributed by atoms with van der Waals surface area (Å²) in [4.78, 5) is 4.41. The summed E-state index contributed by atoms with van der Waals surface area (Å²) in [5.41, 5.74) is 9.06. The Labute approximate surface area is 122 Å². The van der Waals surface area contributed by atoms with Crippen LogP contribution in [0.15, 0.2) is 18.3 Å². The second-order valence-corrected chi connectivity index (χ2v) is 5.81. The summed E-state index contributed by atoms with van der Waals surface area (Å²) in [5, 5.41) is 13.0. The van der Waals surface area contributed by atoms with Crippen molar-refractivity contribution in [3.05, 3.63) is 29.6 Å². The number of aromatic nitrogens is 5. The molecule has 21 heavy (non-hydrogen) atoms. The summed E-state index contributed by atoms with van der Waals surface area (Å²) in [7, 11) is 0. The van der Waals surface area contributed by atoms with Crippen LogP contribution >= 0.6 is 0 Å². The predicted molar refractivity (Wildman–Crippen MR) is 81.4 cm³/mol. The molecule has 3 N–H and O–H groups in total. The molecule has 0 aliphatic heterocycles. The number of rotatable bonds is 2. The van der Waals surface area contributed by atoms with Crippen molar-refractivity contribution in [2.45, 2.75) is 38.5 Å². The zero-order valence-electron chi connectivity index (χ0n) is 12.0. The molecule has 3 aromatic heterocycles. The smallest absolute Gasteiger partial charge is 0.188 e. The first kappa shape index (κ1) is 12.4. The summed E-state index contributed by atoms with van der Waals surface area (Å²) in [5.74, 6) is 1.88. The molecule has 3 aromatic rings. The lowest BCUT2D eigenvalue weighted by Gasteiger charge is -2.05. The highest BCUT2D eigenvalue weighted by atomic mass is 15.4. The van der Waals surface area contributed by atoms with Gasteiger partial charge in [-0.25, -0.2) is 4.98 Å². The van der Waals surface area contributed by atoms with Gasteiger partial charge in [-0.1, -0.05) is 12.8 Å². The molecule has 0 bridgehead atoms.